The molecule has 0 heterocycles. The third-order valence-electron chi connectivity index (χ3n) is 3.84. The molecule has 0 saturated carbocycles. The fraction of sp³-hybridized carbons (Fsp3) is 0.316. The van der Waals surface area contributed by atoms with Gasteiger partial charge in [0.15, 0.2) is 11.5 Å². The highest BCUT2D eigenvalue weighted by molar-refractivity contribution is 5.89. The van der Waals surface area contributed by atoms with Crippen LogP contribution in [0.1, 0.15) is 11.7 Å². The van der Waals surface area contributed by atoms with Gasteiger partial charge in [0.2, 0.25) is 0 Å². The highest BCUT2D eigenvalue weighted by atomic mass is 16.5. The summed E-state index contributed by atoms with van der Waals surface area (Å²) >= 11 is 0. The Bertz CT molecular complexity index is 736. The van der Waals surface area contributed by atoms with Crippen molar-refractivity contribution in [3.63, 3.8) is 0 Å². The van der Waals surface area contributed by atoms with Crippen molar-refractivity contribution in [1.29, 1.82) is 0 Å². The van der Waals surface area contributed by atoms with E-state index in [1.165, 1.54) is 0 Å². The number of carbonyl (C=O) groups is 1. The van der Waals surface area contributed by atoms with Crippen molar-refractivity contribution in [1.82, 2.24) is 5.32 Å². The molecule has 0 aliphatic carbocycles. The van der Waals surface area contributed by atoms with Gasteiger partial charge in [0.25, 0.3) is 0 Å². The maximum atomic E-state index is 12.2. The van der Waals surface area contributed by atoms with Crippen molar-refractivity contribution in [2.24, 2.45) is 0 Å². The van der Waals surface area contributed by atoms with E-state index in [1.807, 2.05) is 24.3 Å². The lowest BCUT2D eigenvalue weighted by atomic mass is 10.1. The summed E-state index contributed by atoms with van der Waals surface area (Å²) in [6.07, 6.45) is -0.291. The molecule has 0 aliphatic rings. The largest absolute Gasteiger partial charge is 0.497 e. The third-order valence-corrected chi connectivity index (χ3v) is 3.84. The van der Waals surface area contributed by atoms with Crippen molar-refractivity contribution >= 4 is 11.7 Å². The highest BCUT2D eigenvalue weighted by Gasteiger charge is 2.13. The van der Waals surface area contributed by atoms with Crippen molar-refractivity contribution in [3.8, 4) is 17.2 Å². The third kappa shape index (κ3) is 5.03. The standard InChI is InChI=1S/C19H24N2O5/c1-23-15-7-5-6-13(10-15)18(26-4)12-20-19(22)21-14-8-9-16(24-2)17(11-14)25-3/h5-11,18H,12H2,1-4H3,(H2,20,21,22). The summed E-state index contributed by atoms with van der Waals surface area (Å²) in [6.45, 7) is 0.308. The Kier molecular flexibility index (Phi) is 7.11. The summed E-state index contributed by atoms with van der Waals surface area (Å²) < 4.78 is 21.1. The zero-order chi connectivity index (χ0) is 18.9. The van der Waals surface area contributed by atoms with Gasteiger partial charge in [-0.05, 0) is 29.8 Å². The maximum Gasteiger partial charge on any atom is 0.319 e. The average Bonchev–Trinajstić information content (AvgIpc) is 2.68. The molecule has 1 unspecified atom stereocenters. The Labute approximate surface area is 153 Å². The summed E-state index contributed by atoms with van der Waals surface area (Å²) in [6, 6.07) is 12.3. The molecule has 0 radical (unpaired) electrons. The van der Waals surface area contributed by atoms with Gasteiger partial charge in [-0.25, -0.2) is 4.79 Å². The molecule has 7 heteroatoms. The van der Waals surface area contributed by atoms with Crippen LogP contribution in [0.3, 0.4) is 0 Å². The van der Waals surface area contributed by atoms with Crippen molar-refractivity contribution in [2.45, 2.75) is 6.10 Å². The molecule has 2 rings (SSSR count). The molecule has 0 saturated heterocycles. The lowest BCUT2D eigenvalue weighted by Crippen LogP contribution is -2.32. The number of benzene rings is 2. The first-order valence-electron chi connectivity index (χ1n) is 8.05. The minimum absolute atomic E-state index is 0.291. The number of methoxy groups -OCH3 is 4. The first-order valence-corrected chi connectivity index (χ1v) is 8.05. The molecule has 1 atom stereocenters. The minimum Gasteiger partial charge on any atom is -0.497 e. The fourth-order valence-corrected chi connectivity index (χ4v) is 2.45. The average molecular weight is 360 g/mol. The van der Waals surface area contributed by atoms with Gasteiger partial charge in [-0.15, -0.1) is 0 Å². The van der Waals surface area contributed by atoms with E-state index in [0.717, 1.165) is 11.3 Å². The Morgan fingerprint density at radius 1 is 0.962 bits per heavy atom. The van der Waals surface area contributed by atoms with Crippen LogP contribution in [0.5, 0.6) is 17.2 Å². The molecule has 2 amide bonds. The van der Waals surface area contributed by atoms with Crippen LogP contribution in [0.4, 0.5) is 10.5 Å². The summed E-state index contributed by atoms with van der Waals surface area (Å²) in [5.41, 5.74) is 1.51. The van der Waals surface area contributed by atoms with Crippen LogP contribution >= 0.6 is 0 Å². The number of urea groups is 1. The Balaban J connectivity index is 1.96. The fourth-order valence-electron chi connectivity index (χ4n) is 2.45. The van der Waals surface area contributed by atoms with Gasteiger partial charge < -0.3 is 29.6 Å². The Morgan fingerprint density at radius 3 is 2.38 bits per heavy atom. The normalized spacial score (nSPS) is 11.4. The molecule has 0 bridgehead atoms. The number of hydrogen-bond acceptors (Lipinski definition) is 5. The molecule has 0 aromatic heterocycles. The van der Waals surface area contributed by atoms with Gasteiger partial charge in [0.1, 0.15) is 5.75 Å². The summed E-state index contributed by atoms with van der Waals surface area (Å²) in [4.78, 5) is 12.2. The van der Waals surface area contributed by atoms with E-state index in [9.17, 15) is 4.79 Å². The molecule has 7 nitrogen and oxygen atoms in total. The van der Waals surface area contributed by atoms with Gasteiger partial charge >= 0.3 is 6.03 Å². The summed E-state index contributed by atoms with van der Waals surface area (Å²) in [5, 5.41) is 5.55. The molecule has 0 spiro atoms. The van der Waals surface area contributed by atoms with Gasteiger partial charge in [0.05, 0.1) is 27.4 Å². The highest BCUT2D eigenvalue weighted by Crippen LogP contribution is 2.29. The van der Waals surface area contributed by atoms with Crippen LogP contribution in [0.2, 0.25) is 0 Å². The maximum absolute atomic E-state index is 12.2. The van der Waals surface area contributed by atoms with E-state index >= 15 is 0 Å². The lowest BCUT2D eigenvalue weighted by molar-refractivity contribution is 0.104. The van der Waals surface area contributed by atoms with E-state index in [1.54, 1.807) is 46.6 Å². The summed E-state index contributed by atoms with van der Waals surface area (Å²) in [7, 11) is 6.30. The van der Waals surface area contributed by atoms with Crippen molar-refractivity contribution in [3.05, 3.63) is 48.0 Å². The van der Waals surface area contributed by atoms with E-state index in [2.05, 4.69) is 10.6 Å². The minimum atomic E-state index is -0.345. The predicted octanol–water partition coefficient (Wildman–Crippen LogP) is 3.22. The van der Waals surface area contributed by atoms with Gasteiger partial charge in [0, 0.05) is 25.4 Å². The zero-order valence-electron chi connectivity index (χ0n) is 15.4. The molecular weight excluding hydrogens is 336 g/mol. The molecule has 26 heavy (non-hydrogen) atoms. The second-order valence-corrected chi connectivity index (χ2v) is 5.41. The van der Waals surface area contributed by atoms with Gasteiger partial charge in [-0.1, -0.05) is 12.1 Å². The molecule has 2 N–H and O–H groups in total. The van der Waals surface area contributed by atoms with E-state index < -0.39 is 0 Å². The first kappa shape index (κ1) is 19.4. The molecule has 140 valence electrons. The van der Waals surface area contributed by atoms with Crippen LogP contribution in [0.25, 0.3) is 0 Å². The molecule has 2 aromatic carbocycles. The quantitative estimate of drug-likeness (QED) is 0.756. The Hall–Kier alpha value is -2.93. The second kappa shape index (κ2) is 9.53. The summed E-state index contributed by atoms with van der Waals surface area (Å²) in [5.74, 6) is 1.87. The molecule has 0 fully saturated rings. The number of carbonyl (C=O) groups excluding carboxylic acids is 1. The molecular formula is C19H24N2O5. The number of hydrogen-bond donors (Lipinski definition) is 2. The van der Waals surface area contributed by atoms with Gasteiger partial charge in [-0.3, -0.25) is 0 Å². The van der Waals surface area contributed by atoms with E-state index in [-0.39, 0.29) is 12.1 Å². The molecule has 0 aliphatic heterocycles. The molecule has 2 aromatic rings. The Morgan fingerprint density at radius 2 is 1.73 bits per heavy atom. The van der Waals surface area contributed by atoms with E-state index in [4.69, 9.17) is 18.9 Å². The number of amides is 2. The monoisotopic (exact) mass is 360 g/mol. The second-order valence-electron chi connectivity index (χ2n) is 5.41. The zero-order valence-corrected chi connectivity index (χ0v) is 15.4. The first-order chi connectivity index (χ1) is 12.6. The SMILES string of the molecule is COc1cccc(C(CNC(=O)Nc2ccc(OC)c(OC)c2)OC)c1. The van der Waals surface area contributed by atoms with Crippen LogP contribution in [-0.4, -0.2) is 41.0 Å². The van der Waals surface area contributed by atoms with Crippen molar-refractivity contribution < 1.29 is 23.7 Å². The predicted molar refractivity (Wildman–Crippen MR) is 99.3 cm³/mol. The van der Waals surface area contributed by atoms with Crippen LogP contribution in [0.15, 0.2) is 42.5 Å². The number of nitrogens with one attached hydrogen (secondary N) is 2. The van der Waals surface area contributed by atoms with Crippen LogP contribution < -0.4 is 24.8 Å². The lowest BCUT2D eigenvalue weighted by Gasteiger charge is -2.18. The topological polar surface area (TPSA) is 78.1 Å². The number of anilines is 1. The van der Waals surface area contributed by atoms with Crippen LogP contribution in [0, 0.1) is 0 Å². The van der Waals surface area contributed by atoms with Crippen molar-refractivity contribution in [2.75, 3.05) is 40.3 Å². The number of rotatable bonds is 8. The van der Waals surface area contributed by atoms with E-state index in [0.29, 0.717) is 23.7 Å². The van der Waals surface area contributed by atoms with Gasteiger partial charge in [-0.2, -0.15) is 0 Å². The van der Waals surface area contributed by atoms with Crippen LogP contribution in [-0.2, 0) is 4.74 Å². The smallest absolute Gasteiger partial charge is 0.319 e. The number of ether oxygens (including phenoxy) is 4.